The van der Waals surface area contributed by atoms with Gasteiger partial charge in [0.15, 0.2) is 0 Å². The molecule has 0 spiro atoms. The molecule has 112 valence electrons. The van der Waals surface area contributed by atoms with Crippen LogP contribution in [0.4, 0.5) is 0 Å². The number of aromatic nitrogens is 1. The molecule has 0 aliphatic rings. The van der Waals surface area contributed by atoms with Crippen molar-refractivity contribution in [3.05, 3.63) is 15.6 Å². The highest BCUT2D eigenvalue weighted by Gasteiger charge is 2.18. The monoisotopic (exact) mass is 298 g/mol. The zero-order valence-corrected chi connectivity index (χ0v) is 13.2. The molecule has 1 unspecified atom stereocenters. The van der Waals surface area contributed by atoms with Crippen molar-refractivity contribution in [3.63, 3.8) is 0 Å². The minimum atomic E-state index is -0.846. The molecule has 1 heterocycles. The van der Waals surface area contributed by atoms with Gasteiger partial charge in [-0.2, -0.15) is 0 Å². The molecule has 0 saturated heterocycles. The second-order valence-electron chi connectivity index (χ2n) is 5.52. The van der Waals surface area contributed by atoms with Gasteiger partial charge in [-0.1, -0.05) is 20.8 Å². The topological polar surface area (TPSA) is 79.3 Å². The Labute approximate surface area is 123 Å². The summed E-state index contributed by atoms with van der Waals surface area (Å²) in [7, 11) is 0. The van der Waals surface area contributed by atoms with E-state index in [-0.39, 0.29) is 18.2 Å². The van der Waals surface area contributed by atoms with Gasteiger partial charge < -0.3 is 10.4 Å². The molecular formula is C14H22N2O3S. The Hall–Kier alpha value is -1.43. The van der Waals surface area contributed by atoms with Crippen molar-refractivity contribution in [1.29, 1.82) is 0 Å². The van der Waals surface area contributed by atoms with Crippen molar-refractivity contribution in [2.24, 2.45) is 11.8 Å². The van der Waals surface area contributed by atoms with Gasteiger partial charge in [0, 0.05) is 13.0 Å². The van der Waals surface area contributed by atoms with Gasteiger partial charge in [-0.05, 0) is 25.2 Å². The van der Waals surface area contributed by atoms with Gasteiger partial charge in [-0.15, -0.1) is 11.3 Å². The van der Waals surface area contributed by atoms with E-state index < -0.39 is 5.97 Å². The molecule has 2 N–H and O–H groups in total. The lowest BCUT2D eigenvalue weighted by molar-refractivity contribution is -0.137. The van der Waals surface area contributed by atoms with Gasteiger partial charge in [0.25, 0.3) is 5.91 Å². The van der Waals surface area contributed by atoms with Gasteiger partial charge in [0.05, 0.1) is 10.7 Å². The molecule has 0 aliphatic carbocycles. The summed E-state index contributed by atoms with van der Waals surface area (Å²) in [6, 6.07) is 0. The minimum Gasteiger partial charge on any atom is -0.481 e. The Bertz CT molecular complexity index is 483. The maximum absolute atomic E-state index is 12.2. The Morgan fingerprint density at radius 1 is 1.35 bits per heavy atom. The Morgan fingerprint density at radius 2 is 2.00 bits per heavy atom. The fraction of sp³-hybridized carbons (Fsp3) is 0.643. The smallest absolute Gasteiger partial charge is 0.303 e. The first-order valence-electron chi connectivity index (χ1n) is 6.75. The van der Waals surface area contributed by atoms with Crippen LogP contribution in [0, 0.1) is 18.8 Å². The van der Waals surface area contributed by atoms with Gasteiger partial charge >= 0.3 is 5.97 Å². The van der Waals surface area contributed by atoms with Crippen molar-refractivity contribution in [3.8, 4) is 0 Å². The molecule has 0 saturated carbocycles. The summed E-state index contributed by atoms with van der Waals surface area (Å²) in [4.78, 5) is 27.8. The van der Waals surface area contributed by atoms with Gasteiger partial charge in [0.1, 0.15) is 4.88 Å². The van der Waals surface area contributed by atoms with E-state index in [1.807, 2.05) is 6.92 Å². The predicted molar refractivity (Wildman–Crippen MR) is 79.1 cm³/mol. The van der Waals surface area contributed by atoms with Crippen LogP contribution < -0.4 is 5.32 Å². The van der Waals surface area contributed by atoms with E-state index in [0.717, 1.165) is 17.1 Å². The molecule has 5 nitrogen and oxygen atoms in total. The first-order valence-corrected chi connectivity index (χ1v) is 7.57. The number of hydrogen-bond acceptors (Lipinski definition) is 4. The number of aryl methyl sites for hydroxylation is 1. The average molecular weight is 298 g/mol. The predicted octanol–water partition coefficient (Wildman–Crippen LogP) is 2.49. The van der Waals surface area contributed by atoms with E-state index >= 15 is 0 Å². The van der Waals surface area contributed by atoms with Crippen LogP contribution in [0.15, 0.2) is 0 Å². The van der Waals surface area contributed by atoms with E-state index in [1.54, 1.807) is 6.92 Å². The highest BCUT2D eigenvalue weighted by Crippen LogP contribution is 2.20. The fourth-order valence-electron chi connectivity index (χ4n) is 1.89. The highest BCUT2D eigenvalue weighted by molar-refractivity contribution is 7.13. The summed E-state index contributed by atoms with van der Waals surface area (Å²) < 4.78 is 0. The number of carboxylic acid groups (broad SMARTS) is 1. The van der Waals surface area contributed by atoms with E-state index in [0.29, 0.717) is 17.3 Å². The molecule has 6 heteroatoms. The Balaban J connectivity index is 2.65. The first kappa shape index (κ1) is 16.6. The molecule has 1 atom stereocenters. The summed E-state index contributed by atoms with van der Waals surface area (Å²) >= 11 is 1.39. The largest absolute Gasteiger partial charge is 0.481 e. The maximum Gasteiger partial charge on any atom is 0.303 e. The summed E-state index contributed by atoms with van der Waals surface area (Å²) in [5, 5.41) is 12.4. The normalized spacial score (nSPS) is 12.4. The second kappa shape index (κ2) is 7.38. The minimum absolute atomic E-state index is 0.0564. The van der Waals surface area contributed by atoms with Crippen molar-refractivity contribution in [2.45, 2.75) is 40.5 Å². The lowest BCUT2D eigenvalue weighted by atomic mass is 10.1. The van der Waals surface area contributed by atoms with Crippen LogP contribution in [-0.2, 0) is 11.2 Å². The van der Waals surface area contributed by atoms with Crippen LogP contribution in [0.25, 0.3) is 0 Å². The number of aliphatic carboxylic acids is 1. The maximum atomic E-state index is 12.2. The van der Waals surface area contributed by atoms with E-state index in [2.05, 4.69) is 24.1 Å². The average Bonchev–Trinajstić information content (AvgIpc) is 2.65. The SMILES string of the molecule is Cc1nc(CC(C)C)c(C(=O)NCC(C)CC(=O)O)s1. The number of rotatable bonds is 7. The lowest BCUT2D eigenvalue weighted by Gasteiger charge is -2.10. The quantitative estimate of drug-likeness (QED) is 0.810. The number of amides is 1. The molecule has 0 aromatic carbocycles. The first-order chi connectivity index (χ1) is 9.29. The standard InChI is InChI=1S/C14H22N2O3S/c1-8(2)5-11-13(20-10(4)16-11)14(19)15-7-9(3)6-12(17)18/h8-9H,5-7H2,1-4H3,(H,15,19)(H,17,18). The van der Waals surface area contributed by atoms with Crippen LogP contribution in [0.2, 0.25) is 0 Å². The second-order valence-corrected chi connectivity index (χ2v) is 6.72. The third kappa shape index (κ3) is 5.28. The summed E-state index contributed by atoms with van der Waals surface area (Å²) in [5.74, 6) is -0.641. The third-order valence-electron chi connectivity index (χ3n) is 2.75. The van der Waals surface area contributed by atoms with Crippen LogP contribution in [0.1, 0.15) is 47.6 Å². The molecule has 0 bridgehead atoms. The molecule has 1 amide bonds. The molecule has 0 radical (unpaired) electrons. The number of hydrogen-bond donors (Lipinski definition) is 2. The van der Waals surface area contributed by atoms with Crippen LogP contribution in [-0.4, -0.2) is 28.5 Å². The fourth-order valence-corrected chi connectivity index (χ4v) is 2.75. The summed E-state index contributed by atoms with van der Waals surface area (Å²) in [5.41, 5.74) is 0.839. The Kier molecular flexibility index (Phi) is 6.13. The van der Waals surface area contributed by atoms with E-state index in [1.165, 1.54) is 11.3 Å². The van der Waals surface area contributed by atoms with Crippen LogP contribution in [0.3, 0.4) is 0 Å². The summed E-state index contributed by atoms with van der Waals surface area (Å²) in [6.07, 6.45) is 0.832. The number of nitrogens with one attached hydrogen (secondary N) is 1. The molecule has 1 aromatic rings. The van der Waals surface area contributed by atoms with Gasteiger partial charge in [-0.3, -0.25) is 9.59 Å². The number of carbonyl (C=O) groups is 2. The van der Waals surface area contributed by atoms with Crippen LogP contribution in [0.5, 0.6) is 0 Å². The molecular weight excluding hydrogens is 276 g/mol. The number of carboxylic acids is 1. The van der Waals surface area contributed by atoms with Crippen LogP contribution >= 0.6 is 11.3 Å². The Morgan fingerprint density at radius 3 is 2.55 bits per heavy atom. The number of nitrogens with zero attached hydrogens (tertiary/aromatic N) is 1. The lowest BCUT2D eigenvalue weighted by Crippen LogP contribution is -2.29. The number of carbonyl (C=O) groups excluding carboxylic acids is 1. The van der Waals surface area contributed by atoms with E-state index in [9.17, 15) is 9.59 Å². The molecule has 1 aromatic heterocycles. The van der Waals surface area contributed by atoms with Gasteiger partial charge in [-0.25, -0.2) is 4.98 Å². The molecule has 0 fully saturated rings. The number of thiazole rings is 1. The molecule has 1 rings (SSSR count). The molecule has 20 heavy (non-hydrogen) atoms. The van der Waals surface area contributed by atoms with Crippen molar-refractivity contribution >= 4 is 23.2 Å². The van der Waals surface area contributed by atoms with E-state index in [4.69, 9.17) is 5.11 Å². The molecule has 0 aliphatic heterocycles. The highest BCUT2D eigenvalue weighted by atomic mass is 32.1. The zero-order valence-electron chi connectivity index (χ0n) is 12.4. The van der Waals surface area contributed by atoms with Crippen molar-refractivity contribution in [1.82, 2.24) is 10.3 Å². The van der Waals surface area contributed by atoms with Gasteiger partial charge in [0.2, 0.25) is 0 Å². The van der Waals surface area contributed by atoms with Crippen molar-refractivity contribution in [2.75, 3.05) is 6.54 Å². The zero-order chi connectivity index (χ0) is 15.3. The third-order valence-corrected chi connectivity index (χ3v) is 3.76. The summed E-state index contributed by atoms with van der Waals surface area (Å²) in [6.45, 7) is 8.24. The van der Waals surface area contributed by atoms with Crippen molar-refractivity contribution < 1.29 is 14.7 Å².